The van der Waals surface area contributed by atoms with Crippen LogP contribution in [0.4, 0.5) is 0 Å². The van der Waals surface area contributed by atoms with Crippen LogP contribution in [-0.4, -0.2) is 41.8 Å². The zero-order valence-corrected chi connectivity index (χ0v) is 25.9. The van der Waals surface area contributed by atoms with Crippen molar-refractivity contribution in [3.05, 3.63) is 93.2 Å². The fourth-order valence-corrected chi connectivity index (χ4v) is 6.71. The molecule has 2 fully saturated rings. The number of carbonyl (C=O) groups is 1. The number of ketones is 1. The summed E-state index contributed by atoms with van der Waals surface area (Å²) in [5.41, 5.74) is 9.69. The predicted molar refractivity (Wildman–Crippen MR) is 170 cm³/mol. The summed E-state index contributed by atoms with van der Waals surface area (Å²) < 4.78 is 0. The molecule has 0 spiro atoms. The minimum absolute atomic E-state index is 0.0672. The first-order chi connectivity index (χ1) is 19.6. The van der Waals surface area contributed by atoms with Crippen LogP contribution in [0.2, 0.25) is 0 Å². The summed E-state index contributed by atoms with van der Waals surface area (Å²) in [5, 5.41) is 0. The van der Waals surface area contributed by atoms with Gasteiger partial charge in [0.05, 0.1) is 11.4 Å². The van der Waals surface area contributed by atoms with E-state index in [0.29, 0.717) is 23.2 Å². The second kappa shape index (κ2) is 15.7. The van der Waals surface area contributed by atoms with Crippen molar-refractivity contribution in [2.75, 3.05) is 26.2 Å². The fraction of sp³-hybridized carbons (Fsp3) is 0.514. The molecule has 2 saturated heterocycles. The lowest BCUT2D eigenvalue weighted by Gasteiger charge is -2.37. The number of nitrogens with zero attached hydrogens (tertiary/aromatic N) is 2. The van der Waals surface area contributed by atoms with Crippen LogP contribution in [0.1, 0.15) is 99.3 Å². The van der Waals surface area contributed by atoms with Crippen molar-refractivity contribution in [3.8, 4) is 0 Å². The number of aryl methyl sites for hydroxylation is 2. The molecule has 0 aliphatic carbocycles. The first-order valence-corrected chi connectivity index (χ1v) is 16.3. The Morgan fingerprint density at radius 3 is 1.32 bits per heavy atom. The molecule has 0 unspecified atom stereocenters. The Kier molecular flexibility index (Phi) is 12.0. The van der Waals surface area contributed by atoms with Gasteiger partial charge in [-0.25, -0.2) is 0 Å². The average Bonchev–Trinajstić information content (AvgIpc) is 3.01. The summed E-state index contributed by atoms with van der Waals surface area (Å²) >= 11 is 12.6. The molecule has 0 amide bonds. The SMILES string of the molecule is CCCCc1ccc(C2CCN(C(=CCl)C(=O)C(=CCl)N3CCC(c4ccc(CCCC)cc4)CC3)CC2)cc1. The summed E-state index contributed by atoms with van der Waals surface area (Å²) in [6, 6.07) is 18.3. The lowest BCUT2D eigenvalue weighted by Crippen LogP contribution is -2.40. The van der Waals surface area contributed by atoms with Gasteiger partial charge >= 0.3 is 0 Å². The van der Waals surface area contributed by atoms with Crippen molar-refractivity contribution in [1.82, 2.24) is 9.80 Å². The van der Waals surface area contributed by atoms with E-state index in [0.717, 1.165) is 64.7 Å². The number of halogens is 2. The van der Waals surface area contributed by atoms with Gasteiger partial charge in [-0.2, -0.15) is 0 Å². The van der Waals surface area contributed by atoms with Crippen molar-refractivity contribution < 1.29 is 4.79 Å². The smallest absolute Gasteiger partial charge is 0.226 e. The summed E-state index contributed by atoms with van der Waals surface area (Å²) in [6.45, 7) is 7.74. The van der Waals surface area contributed by atoms with Crippen LogP contribution in [0, 0.1) is 0 Å². The Balaban J connectivity index is 1.30. The van der Waals surface area contributed by atoms with Gasteiger partial charge in [0.15, 0.2) is 0 Å². The summed E-state index contributed by atoms with van der Waals surface area (Å²) in [7, 11) is 0. The minimum atomic E-state index is -0.0672. The molecule has 0 atom stereocenters. The van der Waals surface area contributed by atoms with Gasteiger partial charge < -0.3 is 9.80 Å². The molecule has 0 N–H and O–H groups in total. The number of unbranched alkanes of at least 4 members (excludes halogenated alkanes) is 2. The van der Waals surface area contributed by atoms with E-state index in [1.54, 1.807) is 0 Å². The average molecular weight is 582 g/mol. The highest BCUT2D eigenvalue weighted by atomic mass is 35.5. The Labute approximate surface area is 252 Å². The maximum atomic E-state index is 13.7. The third-order valence-corrected chi connectivity index (χ3v) is 9.30. The van der Waals surface area contributed by atoms with E-state index in [1.165, 1.54) is 59.0 Å². The molecule has 3 nitrogen and oxygen atoms in total. The van der Waals surface area contributed by atoms with Crippen LogP contribution >= 0.6 is 23.2 Å². The van der Waals surface area contributed by atoms with Crippen molar-refractivity contribution in [1.29, 1.82) is 0 Å². The summed E-state index contributed by atoms with van der Waals surface area (Å²) in [4.78, 5) is 18.0. The summed E-state index contributed by atoms with van der Waals surface area (Å²) in [6.07, 6.45) is 11.3. The van der Waals surface area contributed by atoms with Gasteiger partial charge in [0.1, 0.15) is 0 Å². The van der Waals surface area contributed by atoms with Gasteiger partial charge in [0, 0.05) is 37.2 Å². The number of rotatable bonds is 12. The van der Waals surface area contributed by atoms with Gasteiger partial charge in [0.2, 0.25) is 5.78 Å². The topological polar surface area (TPSA) is 23.6 Å². The Bertz CT molecular complexity index is 1030. The molecular formula is C35H46Cl2N2O. The number of likely N-dealkylation sites (tertiary alicyclic amines) is 2. The van der Waals surface area contributed by atoms with Gasteiger partial charge in [-0.1, -0.05) is 98.4 Å². The van der Waals surface area contributed by atoms with E-state index in [9.17, 15) is 4.79 Å². The van der Waals surface area contributed by atoms with Crippen LogP contribution in [0.25, 0.3) is 0 Å². The zero-order valence-electron chi connectivity index (χ0n) is 24.4. The van der Waals surface area contributed by atoms with Crippen LogP contribution in [0.3, 0.4) is 0 Å². The number of carbonyl (C=O) groups excluding carboxylic acids is 1. The number of Topliss-reactive ketones (excluding diaryl/α,β-unsaturated/α-hetero) is 1. The Morgan fingerprint density at radius 1 is 0.675 bits per heavy atom. The normalized spacial score (nSPS) is 17.9. The Hall–Kier alpha value is -2.23. The highest BCUT2D eigenvalue weighted by molar-refractivity contribution is 6.31. The van der Waals surface area contributed by atoms with Crippen LogP contribution in [0.5, 0.6) is 0 Å². The van der Waals surface area contributed by atoms with Crippen LogP contribution < -0.4 is 0 Å². The molecule has 5 heteroatoms. The number of hydrogen-bond acceptors (Lipinski definition) is 3. The molecule has 2 aromatic rings. The fourth-order valence-electron chi connectivity index (χ4n) is 6.24. The second-order valence-electron chi connectivity index (χ2n) is 11.5. The molecule has 2 aliphatic heterocycles. The van der Waals surface area contributed by atoms with E-state index in [-0.39, 0.29) is 5.78 Å². The summed E-state index contributed by atoms with van der Waals surface area (Å²) in [5.74, 6) is 0.972. The van der Waals surface area contributed by atoms with E-state index < -0.39 is 0 Å². The number of piperidine rings is 2. The molecule has 0 bridgehead atoms. The third kappa shape index (κ3) is 7.95. The number of hydrogen-bond donors (Lipinski definition) is 0. The molecule has 0 saturated carbocycles. The molecule has 40 heavy (non-hydrogen) atoms. The second-order valence-corrected chi connectivity index (χ2v) is 12.0. The standard InChI is InChI=1S/C35H46Cl2N2O/c1-3-5-7-27-9-13-29(14-10-27)31-17-21-38(22-18-31)33(25-36)35(40)34(26-37)39-23-19-32(20-24-39)30-15-11-28(12-16-30)8-6-4-2/h9-16,25-26,31-32H,3-8,17-24H2,1-2H3. The van der Waals surface area contributed by atoms with Gasteiger partial charge in [-0.05, 0) is 85.5 Å². The van der Waals surface area contributed by atoms with Crippen molar-refractivity contribution in [2.24, 2.45) is 0 Å². The predicted octanol–water partition coefficient (Wildman–Crippen LogP) is 9.16. The number of benzene rings is 2. The van der Waals surface area contributed by atoms with Crippen LogP contribution in [0.15, 0.2) is 71.0 Å². The van der Waals surface area contributed by atoms with E-state index in [4.69, 9.17) is 23.2 Å². The van der Waals surface area contributed by atoms with Crippen molar-refractivity contribution >= 4 is 29.0 Å². The first kappa shape index (κ1) is 30.7. The van der Waals surface area contributed by atoms with Crippen molar-refractivity contribution in [3.63, 3.8) is 0 Å². The molecule has 0 radical (unpaired) electrons. The molecule has 0 aromatic heterocycles. The lowest BCUT2D eigenvalue weighted by atomic mass is 9.88. The quantitative estimate of drug-likeness (QED) is 0.234. The van der Waals surface area contributed by atoms with E-state index in [1.807, 2.05) is 0 Å². The monoisotopic (exact) mass is 580 g/mol. The molecule has 4 rings (SSSR count). The minimum Gasteiger partial charge on any atom is -0.368 e. The van der Waals surface area contributed by atoms with E-state index in [2.05, 4.69) is 72.2 Å². The van der Waals surface area contributed by atoms with Gasteiger partial charge in [0.25, 0.3) is 0 Å². The molecule has 2 aromatic carbocycles. The highest BCUT2D eigenvalue weighted by Crippen LogP contribution is 2.33. The third-order valence-electron chi connectivity index (χ3n) is 8.88. The van der Waals surface area contributed by atoms with Gasteiger partial charge in [-0.3, -0.25) is 4.79 Å². The molecule has 216 valence electrons. The molecule has 2 aliphatic rings. The van der Waals surface area contributed by atoms with Crippen molar-refractivity contribution in [2.45, 2.75) is 89.9 Å². The largest absolute Gasteiger partial charge is 0.368 e. The van der Waals surface area contributed by atoms with Crippen LogP contribution in [-0.2, 0) is 17.6 Å². The lowest BCUT2D eigenvalue weighted by molar-refractivity contribution is -0.115. The molecule has 2 heterocycles. The van der Waals surface area contributed by atoms with Gasteiger partial charge in [-0.15, -0.1) is 0 Å². The zero-order chi connectivity index (χ0) is 28.3. The highest BCUT2D eigenvalue weighted by Gasteiger charge is 2.30. The maximum absolute atomic E-state index is 13.7. The maximum Gasteiger partial charge on any atom is 0.226 e. The molecular weight excluding hydrogens is 535 g/mol. The van der Waals surface area contributed by atoms with E-state index >= 15 is 0 Å². The first-order valence-electron chi connectivity index (χ1n) is 15.4. The Morgan fingerprint density at radius 2 is 1.02 bits per heavy atom.